The second kappa shape index (κ2) is 5.59. The first-order chi connectivity index (χ1) is 7.29. The van der Waals surface area contributed by atoms with Crippen LogP contribution in [0.25, 0.3) is 0 Å². The highest BCUT2D eigenvalue weighted by molar-refractivity contribution is 5.43. The fourth-order valence-electron chi connectivity index (χ4n) is 1.43. The Morgan fingerprint density at radius 1 is 1.20 bits per heavy atom. The van der Waals surface area contributed by atoms with Crippen molar-refractivity contribution in [3.05, 3.63) is 17.8 Å². The Balaban J connectivity index is 0.000000531. The van der Waals surface area contributed by atoms with E-state index < -0.39 is 0 Å². The summed E-state index contributed by atoms with van der Waals surface area (Å²) >= 11 is 0. The third kappa shape index (κ3) is 2.61. The van der Waals surface area contributed by atoms with E-state index >= 15 is 0 Å². The Labute approximate surface area is 91.4 Å². The molecule has 0 atom stereocenters. The van der Waals surface area contributed by atoms with Gasteiger partial charge in [0.05, 0.1) is 0 Å². The third-order valence-corrected chi connectivity index (χ3v) is 2.09. The molecule has 0 unspecified atom stereocenters. The molecule has 0 bridgehead atoms. The van der Waals surface area contributed by atoms with Crippen LogP contribution < -0.4 is 9.47 Å². The van der Waals surface area contributed by atoms with Crippen LogP contribution in [0.1, 0.15) is 39.2 Å². The predicted octanol–water partition coefficient (Wildman–Crippen LogP) is 3.00. The number of rotatable bonds is 1. The molecule has 1 aliphatic rings. The third-order valence-electron chi connectivity index (χ3n) is 2.09. The molecule has 1 aromatic heterocycles. The zero-order chi connectivity index (χ0) is 11.3. The standard InChI is InChI=1S/C10H13NO2.C2H6/c1-7(2)8-3-4-11-10-9(8)12-5-6-13-10;1-2/h3-4,7H,5-6H2,1-2H3;1-2H3. The monoisotopic (exact) mass is 209 g/mol. The zero-order valence-electron chi connectivity index (χ0n) is 9.91. The molecule has 0 saturated carbocycles. The topological polar surface area (TPSA) is 31.4 Å². The highest BCUT2D eigenvalue weighted by Gasteiger charge is 2.18. The summed E-state index contributed by atoms with van der Waals surface area (Å²) in [6, 6.07) is 1.98. The van der Waals surface area contributed by atoms with Gasteiger partial charge in [0, 0.05) is 11.8 Å². The van der Waals surface area contributed by atoms with Crippen LogP contribution in [-0.4, -0.2) is 18.2 Å². The number of hydrogen-bond acceptors (Lipinski definition) is 3. The quantitative estimate of drug-likeness (QED) is 0.712. The van der Waals surface area contributed by atoms with Gasteiger partial charge in [0.15, 0.2) is 5.75 Å². The molecular weight excluding hydrogens is 190 g/mol. The zero-order valence-corrected chi connectivity index (χ0v) is 9.91. The number of hydrogen-bond donors (Lipinski definition) is 0. The molecule has 0 aliphatic carbocycles. The van der Waals surface area contributed by atoms with Crippen LogP contribution in [0.15, 0.2) is 12.3 Å². The first kappa shape index (κ1) is 11.8. The summed E-state index contributed by atoms with van der Waals surface area (Å²) in [6.07, 6.45) is 1.77. The first-order valence-electron chi connectivity index (χ1n) is 5.53. The molecule has 3 heteroatoms. The maximum Gasteiger partial charge on any atom is 0.257 e. The predicted molar refractivity (Wildman–Crippen MR) is 60.7 cm³/mol. The van der Waals surface area contributed by atoms with Crippen molar-refractivity contribution in [1.29, 1.82) is 0 Å². The number of pyridine rings is 1. The summed E-state index contributed by atoms with van der Waals surface area (Å²) < 4.78 is 10.9. The van der Waals surface area contributed by atoms with Crippen molar-refractivity contribution in [3.8, 4) is 11.6 Å². The van der Waals surface area contributed by atoms with Gasteiger partial charge >= 0.3 is 0 Å². The van der Waals surface area contributed by atoms with E-state index in [1.807, 2.05) is 19.9 Å². The molecule has 0 saturated heterocycles. The fraction of sp³-hybridized carbons (Fsp3) is 0.583. The van der Waals surface area contributed by atoms with Crippen molar-refractivity contribution in [2.24, 2.45) is 0 Å². The van der Waals surface area contributed by atoms with Crippen LogP contribution in [0.2, 0.25) is 0 Å². The van der Waals surface area contributed by atoms with Gasteiger partial charge in [0.1, 0.15) is 13.2 Å². The summed E-state index contributed by atoms with van der Waals surface area (Å²) in [5.74, 6) is 1.90. The van der Waals surface area contributed by atoms with Crippen LogP contribution in [-0.2, 0) is 0 Å². The Hall–Kier alpha value is -1.25. The maximum absolute atomic E-state index is 5.53. The average molecular weight is 209 g/mol. The number of fused-ring (bicyclic) bond motifs is 1. The molecule has 15 heavy (non-hydrogen) atoms. The van der Waals surface area contributed by atoms with Gasteiger partial charge in [0.25, 0.3) is 5.88 Å². The van der Waals surface area contributed by atoms with Crippen molar-refractivity contribution in [1.82, 2.24) is 4.98 Å². The summed E-state index contributed by atoms with van der Waals surface area (Å²) in [6.45, 7) is 9.49. The van der Waals surface area contributed by atoms with Crippen molar-refractivity contribution >= 4 is 0 Å². The lowest BCUT2D eigenvalue weighted by Gasteiger charge is -2.20. The van der Waals surface area contributed by atoms with Crippen LogP contribution in [0, 0.1) is 0 Å². The summed E-state index contributed by atoms with van der Waals surface area (Å²) in [7, 11) is 0. The fourth-order valence-corrected chi connectivity index (χ4v) is 1.43. The van der Waals surface area contributed by atoms with Crippen molar-refractivity contribution in [3.63, 3.8) is 0 Å². The van der Waals surface area contributed by atoms with Gasteiger partial charge in [-0.1, -0.05) is 27.7 Å². The minimum absolute atomic E-state index is 0.443. The van der Waals surface area contributed by atoms with Crippen molar-refractivity contribution in [2.75, 3.05) is 13.2 Å². The van der Waals surface area contributed by atoms with E-state index in [0.717, 1.165) is 5.75 Å². The smallest absolute Gasteiger partial charge is 0.257 e. The van der Waals surface area contributed by atoms with Crippen LogP contribution in [0.5, 0.6) is 11.6 Å². The SMILES string of the molecule is CC.CC(C)c1ccnc2c1OCCO2. The molecule has 0 N–H and O–H groups in total. The lowest BCUT2D eigenvalue weighted by Crippen LogP contribution is -2.17. The minimum Gasteiger partial charge on any atom is -0.484 e. The lowest BCUT2D eigenvalue weighted by atomic mass is 10.0. The van der Waals surface area contributed by atoms with Gasteiger partial charge in [-0.05, 0) is 12.0 Å². The van der Waals surface area contributed by atoms with E-state index in [2.05, 4.69) is 18.8 Å². The van der Waals surface area contributed by atoms with Gasteiger partial charge in [0.2, 0.25) is 0 Å². The molecule has 0 fully saturated rings. The molecule has 0 amide bonds. The molecular formula is C12H19NO2. The molecule has 0 radical (unpaired) electrons. The van der Waals surface area contributed by atoms with Gasteiger partial charge < -0.3 is 9.47 Å². The second-order valence-electron chi connectivity index (χ2n) is 3.39. The Bertz CT molecular complexity index is 310. The van der Waals surface area contributed by atoms with E-state index in [9.17, 15) is 0 Å². The Morgan fingerprint density at radius 2 is 1.87 bits per heavy atom. The van der Waals surface area contributed by atoms with Crippen LogP contribution in [0.4, 0.5) is 0 Å². The molecule has 3 nitrogen and oxygen atoms in total. The van der Waals surface area contributed by atoms with Crippen LogP contribution >= 0.6 is 0 Å². The second-order valence-corrected chi connectivity index (χ2v) is 3.39. The molecule has 2 rings (SSSR count). The normalized spacial score (nSPS) is 13.1. The summed E-state index contributed by atoms with van der Waals surface area (Å²) in [5, 5.41) is 0. The van der Waals surface area contributed by atoms with Gasteiger partial charge in [-0.3, -0.25) is 0 Å². The molecule has 84 valence electrons. The van der Waals surface area contributed by atoms with Crippen LogP contribution in [0.3, 0.4) is 0 Å². The van der Waals surface area contributed by atoms with Crippen molar-refractivity contribution < 1.29 is 9.47 Å². The molecule has 1 aliphatic heterocycles. The van der Waals surface area contributed by atoms with E-state index in [1.165, 1.54) is 5.56 Å². The maximum atomic E-state index is 5.53. The number of nitrogens with zero attached hydrogens (tertiary/aromatic N) is 1. The van der Waals surface area contributed by atoms with Gasteiger partial charge in [-0.2, -0.15) is 0 Å². The Morgan fingerprint density at radius 3 is 2.53 bits per heavy atom. The van der Waals surface area contributed by atoms with Gasteiger partial charge in [-0.25, -0.2) is 4.98 Å². The van der Waals surface area contributed by atoms with E-state index in [-0.39, 0.29) is 0 Å². The van der Waals surface area contributed by atoms with E-state index in [1.54, 1.807) is 6.20 Å². The lowest BCUT2D eigenvalue weighted by molar-refractivity contribution is 0.162. The van der Waals surface area contributed by atoms with E-state index in [4.69, 9.17) is 9.47 Å². The number of ether oxygens (including phenoxy) is 2. The highest BCUT2D eigenvalue weighted by Crippen LogP contribution is 2.35. The number of aromatic nitrogens is 1. The summed E-state index contributed by atoms with van der Waals surface area (Å²) in [4.78, 5) is 4.12. The first-order valence-corrected chi connectivity index (χ1v) is 5.53. The largest absolute Gasteiger partial charge is 0.484 e. The molecule has 2 heterocycles. The van der Waals surface area contributed by atoms with E-state index in [0.29, 0.717) is 25.0 Å². The molecule has 1 aromatic rings. The molecule has 0 spiro atoms. The summed E-state index contributed by atoms with van der Waals surface area (Å²) in [5.41, 5.74) is 1.17. The Kier molecular flexibility index (Phi) is 4.40. The minimum atomic E-state index is 0.443. The molecule has 0 aromatic carbocycles. The van der Waals surface area contributed by atoms with Gasteiger partial charge in [-0.15, -0.1) is 0 Å². The average Bonchev–Trinajstić information content (AvgIpc) is 2.31. The van der Waals surface area contributed by atoms with Crippen molar-refractivity contribution in [2.45, 2.75) is 33.6 Å². The highest BCUT2D eigenvalue weighted by atomic mass is 16.6.